The molecule has 2 aromatic rings. The molecule has 1 amide bonds. The van der Waals surface area contributed by atoms with Gasteiger partial charge >= 0.3 is 0 Å². The molecule has 6 heteroatoms. The smallest absolute Gasteiger partial charge is 0.271 e. The number of benzene rings is 2. The maximum Gasteiger partial charge on any atom is 0.271 e. The number of nitrogens with zero attached hydrogens (tertiary/aromatic N) is 2. The Morgan fingerprint density at radius 1 is 1.12 bits per heavy atom. The minimum atomic E-state index is -0.233. The molecule has 1 aliphatic rings. The molecule has 1 fully saturated rings. The zero-order valence-corrected chi connectivity index (χ0v) is 14.6. The van der Waals surface area contributed by atoms with E-state index in [1.807, 2.05) is 36.4 Å². The summed E-state index contributed by atoms with van der Waals surface area (Å²) >= 11 is 5.83. The fraction of sp³-hybridized carbons (Fsp3) is 0.263. The molecule has 0 aromatic heterocycles. The molecular formula is C19H20ClN3O2. The van der Waals surface area contributed by atoms with E-state index < -0.39 is 0 Å². The molecule has 0 aliphatic carbocycles. The summed E-state index contributed by atoms with van der Waals surface area (Å²) in [6, 6.07) is 14.8. The highest BCUT2D eigenvalue weighted by Gasteiger charge is 2.11. The summed E-state index contributed by atoms with van der Waals surface area (Å²) in [6.45, 7) is 4.33. The van der Waals surface area contributed by atoms with Crippen molar-refractivity contribution in [2.24, 2.45) is 5.10 Å². The first kappa shape index (κ1) is 17.6. The Hall–Kier alpha value is -2.21. The van der Waals surface area contributed by atoms with Crippen LogP contribution in [0.15, 0.2) is 53.6 Å². The first-order valence-corrected chi connectivity index (χ1v) is 8.56. The van der Waals surface area contributed by atoms with Gasteiger partial charge in [0, 0.05) is 30.2 Å². The van der Waals surface area contributed by atoms with Crippen LogP contribution in [-0.2, 0) is 11.3 Å². The standard InChI is InChI=1S/C19H20ClN3O2/c20-18-7-3-15(4-8-18)13-21-22-19(24)17-5-1-16(2-6-17)14-23-9-11-25-12-10-23/h1-8,13H,9-12,14H2,(H,22,24)/b21-13+. The number of hydrazone groups is 1. The van der Waals surface area contributed by atoms with Crippen LogP contribution in [0.4, 0.5) is 0 Å². The van der Waals surface area contributed by atoms with Gasteiger partial charge < -0.3 is 4.74 Å². The number of morpholine rings is 1. The normalized spacial score (nSPS) is 15.4. The second-order valence-corrected chi connectivity index (χ2v) is 6.27. The molecule has 3 rings (SSSR count). The highest BCUT2D eigenvalue weighted by molar-refractivity contribution is 6.30. The first-order chi connectivity index (χ1) is 12.2. The van der Waals surface area contributed by atoms with E-state index in [4.69, 9.17) is 16.3 Å². The summed E-state index contributed by atoms with van der Waals surface area (Å²) < 4.78 is 5.35. The van der Waals surface area contributed by atoms with Gasteiger partial charge in [-0.05, 0) is 35.4 Å². The van der Waals surface area contributed by atoms with Gasteiger partial charge in [-0.1, -0.05) is 35.9 Å². The lowest BCUT2D eigenvalue weighted by Crippen LogP contribution is -2.35. The van der Waals surface area contributed by atoms with Crippen molar-refractivity contribution >= 4 is 23.7 Å². The third-order valence-electron chi connectivity index (χ3n) is 3.98. The van der Waals surface area contributed by atoms with Crippen molar-refractivity contribution in [1.29, 1.82) is 0 Å². The van der Waals surface area contributed by atoms with Crippen LogP contribution in [0.1, 0.15) is 21.5 Å². The first-order valence-electron chi connectivity index (χ1n) is 8.19. The van der Waals surface area contributed by atoms with E-state index in [1.165, 1.54) is 5.56 Å². The molecule has 0 saturated carbocycles. The van der Waals surface area contributed by atoms with Crippen molar-refractivity contribution in [3.63, 3.8) is 0 Å². The molecule has 1 saturated heterocycles. The zero-order valence-electron chi connectivity index (χ0n) is 13.8. The Kier molecular flexibility index (Phi) is 6.17. The number of carbonyl (C=O) groups excluding carboxylic acids is 1. The van der Waals surface area contributed by atoms with Crippen molar-refractivity contribution < 1.29 is 9.53 Å². The van der Waals surface area contributed by atoms with Gasteiger partial charge in [-0.3, -0.25) is 9.69 Å². The van der Waals surface area contributed by atoms with Gasteiger partial charge in [0.15, 0.2) is 0 Å². The van der Waals surface area contributed by atoms with Gasteiger partial charge in [0.1, 0.15) is 0 Å². The fourth-order valence-electron chi connectivity index (χ4n) is 2.56. The number of rotatable bonds is 5. The largest absolute Gasteiger partial charge is 0.379 e. The van der Waals surface area contributed by atoms with Crippen LogP contribution in [-0.4, -0.2) is 43.3 Å². The quantitative estimate of drug-likeness (QED) is 0.661. The van der Waals surface area contributed by atoms with Gasteiger partial charge in [-0.25, -0.2) is 5.43 Å². The number of carbonyl (C=O) groups is 1. The highest BCUT2D eigenvalue weighted by atomic mass is 35.5. The summed E-state index contributed by atoms with van der Waals surface area (Å²) in [5.74, 6) is -0.233. The molecule has 1 heterocycles. The fourth-order valence-corrected chi connectivity index (χ4v) is 2.68. The number of hydrogen-bond acceptors (Lipinski definition) is 4. The summed E-state index contributed by atoms with van der Waals surface area (Å²) in [5.41, 5.74) is 5.17. The maximum atomic E-state index is 12.1. The average Bonchev–Trinajstić information content (AvgIpc) is 2.65. The number of nitrogens with one attached hydrogen (secondary N) is 1. The van der Waals surface area contributed by atoms with E-state index in [2.05, 4.69) is 15.4 Å². The third kappa shape index (κ3) is 5.39. The van der Waals surface area contributed by atoms with Crippen LogP contribution in [0.5, 0.6) is 0 Å². The predicted molar refractivity (Wildman–Crippen MR) is 99.1 cm³/mol. The van der Waals surface area contributed by atoms with E-state index in [9.17, 15) is 4.79 Å². The van der Waals surface area contributed by atoms with Gasteiger partial charge in [0.05, 0.1) is 19.4 Å². The molecule has 2 aromatic carbocycles. The summed E-state index contributed by atoms with van der Waals surface area (Å²) in [4.78, 5) is 14.5. The molecule has 25 heavy (non-hydrogen) atoms. The topological polar surface area (TPSA) is 53.9 Å². The number of halogens is 1. The minimum absolute atomic E-state index is 0.233. The Balaban J connectivity index is 1.52. The van der Waals surface area contributed by atoms with Crippen LogP contribution in [0.3, 0.4) is 0 Å². The summed E-state index contributed by atoms with van der Waals surface area (Å²) in [5, 5.41) is 4.64. The third-order valence-corrected chi connectivity index (χ3v) is 4.23. The van der Waals surface area contributed by atoms with E-state index >= 15 is 0 Å². The second kappa shape index (κ2) is 8.76. The Bertz CT molecular complexity index is 723. The summed E-state index contributed by atoms with van der Waals surface area (Å²) in [6.07, 6.45) is 1.58. The van der Waals surface area contributed by atoms with Crippen LogP contribution < -0.4 is 5.43 Å². The average molecular weight is 358 g/mol. The van der Waals surface area contributed by atoms with Crippen molar-refractivity contribution in [3.05, 3.63) is 70.2 Å². The second-order valence-electron chi connectivity index (χ2n) is 5.84. The molecular weight excluding hydrogens is 338 g/mol. The molecule has 130 valence electrons. The lowest BCUT2D eigenvalue weighted by molar-refractivity contribution is 0.0342. The lowest BCUT2D eigenvalue weighted by atomic mass is 10.1. The Labute approximate surface area is 152 Å². The van der Waals surface area contributed by atoms with Crippen molar-refractivity contribution in [2.75, 3.05) is 26.3 Å². The van der Waals surface area contributed by atoms with Crippen LogP contribution in [0.25, 0.3) is 0 Å². The van der Waals surface area contributed by atoms with Crippen LogP contribution in [0, 0.1) is 0 Å². The molecule has 1 N–H and O–H groups in total. The van der Waals surface area contributed by atoms with Crippen LogP contribution in [0.2, 0.25) is 5.02 Å². The zero-order chi connectivity index (χ0) is 17.5. The van der Waals surface area contributed by atoms with Crippen LogP contribution >= 0.6 is 11.6 Å². The molecule has 0 bridgehead atoms. The number of amides is 1. The highest BCUT2D eigenvalue weighted by Crippen LogP contribution is 2.10. The maximum absolute atomic E-state index is 12.1. The van der Waals surface area contributed by atoms with Crippen molar-refractivity contribution in [3.8, 4) is 0 Å². The van der Waals surface area contributed by atoms with E-state index in [-0.39, 0.29) is 5.91 Å². The molecule has 0 atom stereocenters. The molecule has 5 nitrogen and oxygen atoms in total. The lowest BCUT2D eigenvalue weighted by Gasteiger charge is -2.26. The van der Waals surface area contributed by atoms with E-state index in [1.54, 1.807) is 18.3 Å². The number of ether oxygens (including phenoxy) is 1. The Morgan fingerprint density at radius 3 is 2.48 bits per heavy atom. The Morgan fingerprint density at radius 2 is 1.80 bits per heavy atom. The predicted octanol–water partition coefficient (Wildman–Crippen LogP) is 2.94. The van der Waals surface area contributed by atoms with Crippen molar-refractivity contribution in [2.45, 2.75) is 6.54 Å². The summed E-state index contributed by atoms with van der Waals surface area (Å²) in [7, 11) is 0. The van der Waals surface area contributed by atoms with Gasteiger partial charge in [0.2, 0.25) is 0 Å². The monoisotopic (exact) mass is 357 g/mol. The van der Waals surface area contributed by atoms with Gasteiger partial charge in [-0.15, -0.1) is 0 Å². The van der Waals surface area contributed by atoms with E-state index in [0.717, 1.165) is 38.4 Å². The van der Waals surface area contributed by atoms with Crippen molar-refractivity contribution in [1.82, 2.24) is 10.3 Å². The van der Waals surface area contributed by atoms with Gasteiger partial charge in [-0.2, -0.15) is 5.10 Å². The van der Waals surface area contributed by atoms with Gasteiger partial charge in [0.25, 0.3) is 5.91 Å². The molecule has 0 spiro atoms. The SMILES string of the molecule is O=C(N/N=C/c1ccc(Cl)cc1)c1ccc(CN2CCOCC2)cc1. The minimum Gasteiger partial charge on any atom is -0.379 e. The molecule has 0 unspecified atom stereocenters. The number of hydrogen-bond donors (Lipinski definition) is 1. The van der Waals surface area contributed by atoms with E-state index in [0.29, 0.717) is 10.6 Å². The molecule has 1 aliphatic heterocycles. The molecule has 0 radical (unpaired) electrons.